The van der Waals surface area contributed by atoms with Gasteiger partial charge in [0.05, 0.1) is 68.0 Å². The minimum atomic E-state index is 0.646. The number of nitrogens with zero attached hydrogens (tertiary/aromatic N) is 8. The summed E-state index contributed by atoms with van der Waals surface area (Å²) >= 11 is 5.63. The van der Waals surface area contributed by atoms with Gasteiger partial charge in [0.2, 0.25) is 5.95 Å². The van der Waals surface area contributed by atoms with Crippen molar-refractivity contribution in [1.29, 1.82) is 0 Å². The third-order valence-corrected chi connectivity index (χ3v) is 22.4. The van der Waals surface area contributed by atoms with Crippen LogP contribution in [0.2, 0.25) is 0 Å². The van der Waals surface area contributed by atoms with Gasteiger partial charge in [-0.2, -0.15) is 0 Å². The number of imidazole rings is 2. The van der Waals surface area contributed by atoms with Crippen molar-refractivity contribution in [2.24, 2.45) is 7.05 Å². The van der Waals surface area contributed by atoms with Crippen LogP contribution in [0.3, 0.4) is 0 Å². The highest BCUT2D eigenvalue weighted by atomic mass is 32.1. The van der Waals surface area contributed by atoms with Crippen molar-refractivity contribution >= 4 is 193 Å². The Morgan fingerprint density at radius 1 is 0.371 bits per heavy atom. The maximum atomic E-state index is 5.85. The highest BCUT2D eigenvalue weighted by Gasteiger charge is 2.25. The molecule has 9 aromatic heterocycles. The van der Waals surface area contributed by atoms with E-state index in [4.69, 9.17) is 14.4 Å². The van der Waals surface area contributed by atoms with Crippen LogP contribution >= 0.6 is 34.0 Å². The van der Waals surface area contributed by atoms with E-state index in [0.717, 1.165) is 72.6 Å². The average molecular weight is 1190 g/mol. The minimum Gasteiger partial charge on any atom is -0.443 e. The van der Waals surface area contributed by atoms with Gasteiger partial charge in [0.25, 0.3) is 0 Å². The number of aryl methyl sites for hydroxylation is 1. The lowest BCUT2D eigenvalue weighted by atomic mass is 9.99. The standard InChI is InChI=1S/C77H44N8OS3/c1-81-40-78-60-31-43(25-28-64(60)81)83-62-20-6-2-12-45(62)53-37-74-58(35-66(53)83)52-18-11-17-51(76(52)89-74)49-15-10-16-50-55-38-73-57(33-67(55)84(75(49)50)44-26-29-69-61(32-44)79-41-86-69)48-27-24-42(30-71(48)88-73)39-82-65-22-8-5-19-59(65)80-77(82)85-63-21-7-3-13-46(63)54-36-72-56(34-68(54)85)47-14-4-9-23-70(47)87-72/h2-38,40-41H,39H2,1H3. The SMILES string of the molecule is Cn1cnc2cc(-n3c4ccccc4c4cc5sc6c(-c7cccc8c9cc%10sc%11cc(Cn%12c(-n%13c%14ccccc%14c%14cc%15sc%16ccccc%16c%15cc%14%13)nc%13ccccc%13%12)ccc%11c%10cc9n(-c9ccc%10ocnc%10c9)c78)cccc6c5cc43)ccc21. The second-order valence-corrected chi connectivity index (χ2v) is 26.9. The van der Waals surface area contributed by atoms with Crippen LogP contribution < -0.4 is 0 Å². The molecule has 0 aliphatic carbocycles. The fourth-order valence-electron chi connectivity index (χ4n) is 14.9. The first-order valence-electron chi connectivity index (χ1n) is 29.9. The predicted molar refractivity (Wildman–Crippen MR) is 374 cm³/mol. The average Bonchev–Trinajstić information content (AvgIpc) is 1.78. The molecule has 0 spiro atoms. The molecule has 0 radical (unpaired) electrons. The molecule has 416 valence electrons. The second kappa shape index (κ2) is 17.6. The molecular formula is C77H44N8OS3. The van der Waals surface area contributed by atoms with Crippen molar-refractivity contribution in [3.63, 3.8) is 0 Å². The molecule has 0 aliphatic heterocycles. The van der Waals surface area contributed by atoms with Crippen molar-refractivity contribution in [3.05, 3.63) is 243 Å². The molecule has 0 saturated heterocycles. The molecule has 0 saturated carbocycles. The third-order valence-electron chi connectivity index (χ3n) is 18.9. The Morgan fingerprint density at radius 3 is 1.79 bits per heavy atom. The summed E-state index contributed by atoms with van der Waals surface area (Å²) in [6, 6.07) is 83.3. The van der Waals surface area contributed by atoms with Gasteiger partial charge in [0, 0.05) is 122 Å². The molecule has 0 amide bonds. The summed E-state index contributed by atoms with van der Waals surface area (Å²) in [7, 11) is 2.05. The van der Waals surface area contributed by atoms with E-state index >= 15 is 0 Å². The van der Waals surface area contributed by atoms with Crippen LogP contribution in [-0.2, 0) is 13.6 Å². The lowest BCUT2D eigenvalue weighted by Crippen LogP contribution is -2.08. The Kier molecular flexibility index (Phi) is 9.57. The van der Waals surface area contributed by atoms with E-state index in [1.54, 1.807) is 6.39 Å². The number of fused-ring (bicyclic) bond motifs is 21. The Balaban J connectivity index is 0.733. The van der Waals surface area contributed by atoms with Crippen molar-refractivity contribution in [2.75, 3.05) is 0 Å². The van der Waals surface area contributed by atoms with Gasteiger partial charge in [0.1, 0.15) is 5.52 Å². The number of para-hydroxylation sites is 5. The molecule has 0 atom stereocenters. The van der Waals surface area contributed by atoms with Gasteiger partial charge in [-0.1, -0.05) is 115 Å². The van der Waals surface area contributed by atoms with E-state index in [0.29, 0.717) is 6.54 Å². The molecule has 21 aromatic rings. The first-order chi connectivity index (χ1) is 44.0. The quantitative estimate of drug-likeness (QED) is 0.166. The largest absolute Gasteiger partial charge is 0.443 e. The Bertz CT molecular complexity index is 6690. The third kappa shape index (κ3) is 6.68. The smallest absolute Gasteiger partial charge is 0.216 e. The van der Waals surface area contributed by atoms with Gasteiger partial charge < -0.3 is 22.7 Å². The number of hydrogen-bond acceptors (Lipinski definition) is 7. The number of hydrogen-bond donors (Lipinski definition) is 0. The van der Waals surface area contributed by atoms with E-state index in [-0.39, 0.29) is 0 Å². The molecule has 12 heteroatoms. The highest BCUT2D eigenvalue weighted by molar-refractivity contribution is 7.27. The van der Waals surface area contributed by atoms with E-state index in [1.165, 1.54) is 121 Å². The van der Waals surface area contributed by atoms with Gasteiger partial charge >= 0.3 is 0 Å². The van der Waals surface area contributed by atoms with Gasteiger partial charge in [-0.05, 0) is 115 Å². The van der Waals surface area contributed by atoms with Gasteiger partial charge in [-0.3, -0.25) is 4.57 Å². The van der Waals surface area contributed by atoms with Crippen LogP contribution in [-0.4, -0.2) is 37.8 Å². The van der Waals surface area contributed by atoms with Crippen LogP contribution in [0.25, 0.3) is 188 Å². The summed E-state index contributed by atoms with van der Waals surface area (Å²) in [6.07, 6.45) is 3.43. The Morgan fingerprint density at radius 2 is 0.966 bits per heavy atom. The molecule has 0 N–H and O–H groups in total. The lowest BCUT2D eigenvalue weighted by Gasteiger charge is -2.13. The fourth-order valence-corrected chi connectivity index (χ4v) is 18.5. The normalized spacial score (nSPS) is 12.6. The molecule has 0 fully saturated rings. The van der Waals surface area contributed by atoms with Crippen molar-refractivity contribution in [3.8, 4) is 28.5 Å². The summed E-state index contributed by atoms with van der Waals surface area (Å²) in [5.41, 5.74) is 18.4. The number of benzene rings is 12. The van der Waals surface area contributed by atoms with E-state index in [1.807, 2.05) is 47.4 Å². The van der Waals surface area contributed by atoms with Crippen LogP contribution in [0.15, 0.2) is 242 Å². The van der Waals surface area contributed by atoms with Gasteiger partial charge in [0.15, 0.2) is 12.0 Å². The van der Waals surface area contributed by atoms with E-state index in [2.05, 4.69) is 252 Å². The van der Waals surface area contributed by atoms with Crippen LogP contribution in [0, 0.1) is 0 Å². The molecule has 21 rings (SSSR count). The van der Waals surface area contributed by atoms with Gasteiger partial charge in [-0.25, -0.2) is 15.0 Å². The minimum absolute atomic E-state index is 0.646. The summed E-state index contributed by atoms with van der Waals surface area (Å²) in [5.74, 6) is 0.909. The molecule has 0 unspecified atom stereocenters. The Hall–Kier alpha value is -10.9. The highest BCUT2D eigenvalue weighted by Crippen LogP contribution is 2.49. The Labute approximate surface area is 516 Å². The summed E-state index contributed by atoms with van der Waals surface area (Å²) < 4.78 is 25.3. The van der Waals surface area contributed by atoms with Crippen molar-refractivity contribution in [1.82, 2.24) is 37.8 Å². The summed E-state index contributed by atoms with van der Waals surface area (Å²) in [5, 5.41) is 14.9. The number of aromatic nitrogens is 8. The maximum absolute atomic E-state index is 5.85. The van der Waals surface area contributed by atoms with Crippen molar-refractivity contribution < 1.29 is 4.42 Å². The molecule has 89 heavy (non-hydrogen) atoms. The molecule has 9 nitrogen and oxygen atoms in total. The molecule has 0 bridgehead atoms. The summed E-state index contributed by atoms with van der Waals surface area (Å²) in [6.45, 7) is 0.646. The maximum Gasteiger partial charge on any atom is 0.216 e. The number of oxazole rings is 1. The second-order valence-electron chi connectivity index (χ2n) is 23.7. The number of rotatable bonds is 6. The van der Waals surface area contributed by atoms with Crippen molar-refractivity contribution in [2.45, 2.75) is 6.54 Å². The van der Waals surface area contributed by atoms with Crippen LogP contribution in [0.1, 0.15) is 5.56 Å². The predicted octanol–water partition coefficient (Wildman–Crippen LogP) is 21.2. The molecule has 12 aromatic carbocycles. The first kappa shape index (κ1) is 48.3. The zero-order chi connectivity index (χ0) is 57.9. The molecular weight excluding hydrogens is 1150 g/mol. The first-order valence-corrected chi connectivity index (χ1v) is 32.3. The number of thiophene rings is 3. The fraction of sp³-hybridized carbons (Fsp3) is 0.0260. The topological polar surface area (TPSA) is 76.5 Å². The van der Waals surface area contributed by atoms with Crippen LogP contribution in [0.5, 0.6) is 0 Å². The van der Waals surface area contributed by atoms with Crippen LogP contribution in [0.4, 0.5) is 0 Å². The summed E-state index contributed by atoms with van der Waals surface area (Å²) in [4.78, 5) is 14.9. The van der Waals surface area contributed by atoms with E-state index in [9.17, 15) is 0 Å². The monoisotopic (exact) mass is 1190 g/mol. The van der Waals surface area contributed by atoms with E-state index < -0.39 is 0 Å². The molecule has 0 aliphatic rings. The zero-order valence-corrected chi connectivity index (χ0v) is 49.9. The zero-order valence-electron chi connectivity index (χ0n) is 47.4. The molecule has 9 heterocycles. The lowest BCUT2D eigenvalue weighted by molar-refractivity contribution is 0.602. The van der Waals surface area contributed by atoms with Gasteiger partial charge in [-0.15, -0.1) is 34.0 Å².